The van der Waals surface area contributed by atoms with Gasteiger partial charge in [0.05, 0.1) is 27.7 Å². The molecule has 0 aromatic carbocycles. The molecule has 0 spiro atoms. The zero-order valence-corrected chi connectivity index (χ0v) is 57.5. The molecule has 0 aliphatic rings. The summed E-state index contributed by atoms with van der Waals surface area (Å²) in [5.74, 6) is -0.809. The van der Waals surface area contributed by atoms with Crippen LogP contribution in [0.1, 0.15) is 373 Å². The van der Waals surface area contributed by atoms with Crippen molar-refractivity contribution in [2.75, 3.05) is 47.5 Å². The van der Waals surface area contributed by atoms with E-state index in [1.807, 2.05) is 21.1 Å². The maximum Gasteiger partial charge on any atom is 0.306 e. The standard InChI is InChI=1S/C74H142NO8P/c1-6-8-10-12-14-16-18-20-22-24-26-28-30-31-32-33-34-35-36-37-38-39-40-41-42-43-45-47-49-51-53-55-57-59-61-63-65-67-74(77)83-72(71-82-84(78,79)81-69-68-75(3,4)5)70-80-73(76)66-64-62-60-58-56-54-52-50-48-46-44-29-27-25-23-21-19-17-15-13-11-9-7-2/h18,20,24,26,30-31,72H,6-17,19,21-23,25,27-29,32-71H2,1-5H3/b20-18-,26-24-,31-30-. The summed E-state index contributed by atoms with van der Waals surface area (Å²) in [6, 6.07) is 0. The van der Waals surface area contributed by atoms with Gasteiger partial charge in [0, 0.05) is 12.8 Å². The van der Waals surface area contributed by atoms with E-state index in [1.54, 1.807) is 0 Å². The Bertz CT molecular complexity index is 1510. The van der Waals surface area contributed by atoms with Crippen molar-refractivity contribution in [3.63, 3.8) is 0 Å². The monoisotopic (exact) mass is 1200 g/mol. The number of hydrogen-bond acceptors (Lipinski definition) is 8. The second kappa shape index (κ2) is 65.7. The van der Waals surface area contributed by atoms with Crippen LogP contribution in [0.25, 0.3) is 0 Å². The molecular formula is C74H142NO8P. The van der Waals surface area contributed by atoms with E-state index in [0.717, 1.165) is 44.9 Å². The van der Waals surface area contributed by atoms with Crippen molar-refractivity contribution in [3.05, 3.63) is 36.5 Å². The van der Waals surface area contributed by atoms with Crippen LogP contribution in [0.2, 0.25) is 0 Å². The number of likely N-dealkylation sites (N-methyl/N-ethyl adjacent to an activating group) is 1. The number of esters is 2. The van der Waals surface area contributed by atoms with Crippen molar-refractivity contribution in [1.29, 1.82) is 0 Å². The SMILES string of the molecule is CCCCCCC/C=C\C/C=C\C/C=C\CCCCCCCCCCCCCCCCCCCCCCCCC(=O)OC(COC(=O)CCCCCCCCCCCCCCCCCCCCCCCCC)COP(=O)([O-])OCC[N+](C)(C)C. The predicted molar refractivity (Wildman–Crippen MR) is 361 cm³/mol. The number of hydrogen-bond donors (Lipinski definition) is 0. The number of allylic oxidation sites excluding steroid dienone is 6. The zero-order valence-electron chi connectivity index (χ0n) is 56.6. The van der Waals surface area contributed by atoms with Crippen LogP contribution in [-0.4, -0.2) is 70.0 Å². The lowest BCUT2D eigenvalue weighted by Crippen LogP contribution is -2.37. The summed E-state index contributed by atoms with van der Waals surface area (Å²) in [5, 5.41) is 0. The highest BCUT2D eigenvalue weighted by molar-refractivity contribution is 7.45. The molecule has 0 aliphatic carbocycles. The fraction of sp³-hybridized carbons (Fsp3) is 0.892. The third-order valence-electron chi connectivity index (χ3n) is 16.7. The van der Waals surface area contributed by atoms with Gasteiger partial charge < -0.3 is 27.9 Å². The maximum absolute atomic E-state index is 12.9. The summed E-state index contributed by atoms with van der Waals surface area (Å²) >= 11 is 0. The van der Waals surface area contributed by atoms with Crippen LogP contribution in [0.4, 0.5) is 0 Å². The maximum atomic E-state index is 12.9. The van der Waals surface area contributed by atoms with Crippen LogP contribution in [-0.2, 0) is 32.7 Å². The van der Waals surface area contributed by atoms with E-state index in [1.165, 1.54) is 295 Å². The lowest BCUT2D eigenvalue weighted by molar-refractivity contribution is -0.870. The van der Waals surface area contributed by atoms with Crippen molar-refractivity contribution >= 4 is 19.8 Å². The molecule has 0 heterocycles. The summed E-state index contributed by atoms with van der Waals surface area (Å²) in [7, 11) is 1.19. The third kappa shape index (κ3) is 69.3. The molecule has 0 saturated heterocycles. The number of quaternary nitrogens is 1. The van der Waals surface area contributed by atoms with Crippen LogP contribution >= 0.6 is 7.82 Å². The second-order valence-electron chi connectivity index (χ2n) is 26.3. The Hall–Kier alpha value is -1.77. The van der Waals surface area contributed by atoms with Gasteiger partial charge in [-0.25, -0.2) is 0 Å². The van der Waals surface area contributed by atoms with Crippen molar-refractivity contribution < 1.29 is 42.1 Å². The number of carbonyl (C=O) groups excluding carboxylic acids is 2. The number of phosphoric acid groups is 1. The Morgan fingerprint density at radius 1 is 0.369 bits per heavy atom. The highest BCUT2D eigenvalue weighted by Gasteiger charge is 2.22. The Balaban J connectivity index is 3.94. The highest BCUT2D eigenvalue weighted by atomic mass is 31.2. The van der Waals surface area contributed by atoms with Gasteiger partial charge in [0.2, 0.25) is 0 Å². The molecule has 84 heavy (non-hydrogen) atoms. The highest BCUT2D eigenvalue weighted by Crippen LogP contribution is 2.38. The molecule has 0 radical (unpaired) electrons. The van der Waals surface area contributed by atoms with Crippen LogP contribution in [0.5, 0.6) is 0 Å². The van der Waals surface area contributed by atoms with Crippen LogP contribution < -0.4 is 4.89 Å². The Morgan fingerprint density at radius 3 is 0.952 bits per heavy atom. The van der Waals surface area contributed by atoms with Crippen LogP contribution in [0.3, 0.4) is 0 Å². The first-order valence-electron chi connectivity index (χ1n) is 36.7. The Kier molecular flexibility index (Phi) is 64.3. The lowest BCUT2D eigenvalue weighted by Gasteiger charge is -2.28. The van der Waals surface area contributed by atoms with E-state index in [0.29, 0.717) is 17.4 Å². The molecule has 0 aliphatic heterocycles. The normalized spacial score (nSPS) is 13.3. The molecule has 2 unspecified atom stereocenters. The minimum absolute atomic E-state index is 0.0270. The van der Waals surface area contributed by atoms with E-state index < -0.39 is 26.5 Å². The van der Waals surface area contributed by atoms with E-state index in [9.17, 15) is 19.0 Å². The van der Waals surface area contributed by atoms with Crippen molar-refractivity contribution in [2.45, 2.75) is 380 Å². The third-order valence-corrected chi connectivity index (χ3v) is 17.6. The number of ether oxygens (including phenoxy) is 2. The van der Waals surface area contributed by atoms with Gasteiger partial charge in [-0.1, -0.05) is 346 Å². The summed E-state index contributed by atoms with van der Waals surface area (Å²) in [4.78, 5) is 38.1. The quantitative estimate of drug-likeness (QED) is 0.0195. The van der Waals surface area contributed by atoms with Gasteiger partial charge in [0.1, 0.15) is 19.8 Å². The van der Waals surface area contributed by atoms with Crippen molar-refractivity contribution in [1.82, 2.24) is 0 Å². The second-order valence-corrected chi connectivity index (χ2v) is 27.7. The van der Waals surface area contributed by atoms with Gasteiger partial charge in [-0.3, -0.25) is 14.2 Å². The minimum atomic E-state index is -4.64. The fourth-order valence-electron chi connectivity index (χ4n) is 11.0. The summed E-state index contributed by atoms with van der Waals surface area (Å²) in [5.41, 5.74) is 0. The van der Waals surface area contributed by atoms with Gasteiger partial charge in [-0.2, -0.15) is 0 Å². The molecule has 0 rings (SSSR count). The molecule has 0 fully saturated rings. The van der Waals surface area contributed by atoms with Gasteiger partial charge >= 0.3 is 11.9 Å². The predicted octanol–water partition coefficient (Wildman–Crippen LogP) is 23.2. The number of nitrogens with zero attached hydrogens (tertiary/aromatic N) is 1. The van der Waals surface area contributed by atoms with Gasteiger partial charge in [-0.05, 0) is 51.4 Å². The molecule has 2 atom stereocenters. The largest absolute Gasteiger partial charge is 0.756 e. The molecule has 0 bridgehead atoms. The molecule has 9 nitrogen and oxygen atoms in total. The summed E-state index contributed by atoms with van der Waals surface area (Å²) in [6.07, 6.45) is 83.9. The molecule has 0 amide bonds. The van der Waals surface area contributed by atoms with E-state index >= 15 is 0 Å². The molecule has 10 heteroatoms. The van der Waals surface area contributed by atoms with Crippen molar-refractivity contribution in [3.8, 4) is 0 Å². The summed E-state index contributed by atoms with van der Waals surface area (Å²) in [6.45, 7) is 4.30. The first kappa shape index (κ1) is 82.2. The minimum Gasteiger partial charge on any atom is -0.756 e. The average molecular weight is 1200 g/mol. The number of rotatable bonds is 69. The van der Waals surface area contributed by atoms with Gasteiger partial charge in [0.15, 0.2) is 6.10 Å². The van der Waals surface area contributed by atoms with Crippen LogP contribution in [0.15, 0.2) is 36.5 Å². The molecular weight excluding hydrogens is 1060 g/mol. The molecule has 496 valence electrons. The van der Waals surface area contributed by atoms with Gasteiger partial charge in [-0.15, -0.1) is 0 Å². The molecule has 0 saturated carbocycles. The smallest absolute Gasteiger partial charge is 0.306 e. The fourth-order valence-corrected chi connectivity index (χ4v) is 11.8. The number of unbranched alkanes of at least 4 members (excludes halogenated alkanes) is 49. The number of phosphoric ester groups is 1. The van der Waals surface area contributed by atoms with Crippen LogP contribution in [0, 0.1) is 0 Å². The number of carbonyl (C=O) groups is 2. The zero-order chi connectivity index (χ0) is 61.2. The Labute approximate surface area is 522 Å². The average Bonchev–Trinajstić information content (AvgIpc) is 3.61. The molecule has 0 aromatic heterocycles. The first-order chi connectivity index (χ1) is 41.0. The Morgan fingerprint density at radius 2 is 0.643 bits per heavy atom. The van der Waals surface area contributed by atoms with E-state index in [-0.39, 0.29) is 32.0 Å². The summed E-state index contributed by atoms with van der Waals surface area (Å²) < 4.78 is 34.4. The topological polar surface area (TPSA) is 111 Å². The molecule has 0 N–H and O–H groups in total. The van der Waals surface area contributed by atoms with E-state index in [2.05, 4.69) is 50.3 Å². The lowest BCUT2D eigenvalue weighted by atomic mass is 10.0. The first-order valence-corrected chi connectivity index (χ1v) is 38.2. The van der Waals surface area contributed by atoms with E-state index in [4.69, 9.17) is 18.5 Å². The molecule has 0 aromatic rings. The van der Waals surface area contributed by atoms with Crippen molar-refractivity contribution in [2.24, 2.45) is 0 Å². The van der Waals surface area contributed by atoms with Gasteiger partial charge in [0.25, 0.3) is 7.82 Å².